The molecule has 1 aromatic rings. The van der Waals surface area contributed by atoms with Gasteiger partial charge in [-0.05, 0) is 50.6 Å². The predicted octanol–water partition coefficient (Wildman–Crippen LogP) is 3.86. The van der Waals surface area contributed by atoms with Gasteiger partial charge >= 0.3 is 0 Å². The van der Waals surface area contributed by atoms with Crippen molar-refractivity contribution in [2.45, 2.75) is 73.8 Å². The summed E-state index contributed by atoms with van der Waals surface area (Å²) in [6, 6.07) is 0.546. The van der Waals surface area contributed by atoms with E-state index in [1.807, 2.05) is 0 Å². The van der Waals surface area contributed by atoms with E-state index in [9.17, 15) is 0 Å². The molecule has 3 nitrogen and oxygen atoms in total. The number of aryl methyl sites for hydroxylation is 3. The van der Waals surface area contributed by atoms with Crippen LogP contribution in [0.5, 0.6) is 0 Å². The molecule has 21 heavy (non-hydrogen) atoms. The summed E-state index contributed by atoms with van der Waals surface area (Å²) in [5.74, 6) is 2.32. The minimum atomic E-state index is 0.546. The van der Waals surface area contributed by atoms with Crippen molar-refractivity contribution in [3.05, 3.63) is 22.8 Å². The van der Waals surface area contributed by atoms with Gasteiger partial charge in [0.2, 0.25) is 0 Å². The van der Waals surface area contributed by atoms with Gasteiger partial charge in [0.1, 0.15) is 5.82 Å². The minimum Gasteiger partial charge on any atom is -0.314 e. The average molecular weight is 291 g/mol. The molecule has 1 N–H and O–H groups in total. The average Bonchev–Trinajstić information content (AvgIpc) is 2.38. The fourth-order valence-electron chi connectivity index (χ4n) is 2.49. The van der Waals surface area contributed by atoms with Gasteiger partial charge in [-0.3, -0.25) is 0 Å². The van der Waals surface area contributed by atoms with Gasteiger partial charge in [-0.15, -0.1) is 0 Å². The highest BCUT2D eigenvalue weighted by molar-refractivity contribution is 5.25. The van der Waals surface area contributed by atoms with Crippen LogP contribution in [0.25, 0.3) is 0 Å². The van der Waals surface area contributed by atoms with E-state index in [1.54, 1.807) is 0 Å². The summed E-state index contributed by atoms with van der Waals surface area (Å²) in [5, 5.41) is 3.51. The molecular formula is C18H33N3. The first-order valence-corrected chi connectivity index (χ1v) is 8.36. The van der Waals surface area contributed by atoms with Gasteiger partial charge in [-0.1, -0.05) is 34.6 Å². The molecule has 1 heterocycles. The summed E-state index contributed by atoms with van der Waals surface area (Å²) in [7, 11) is 0. The Balaban J connectivity index is 2.70. The summed E-state index contributed by atoms with van der Waals surface area (Å²) < 4.78 is 0. The second-order valence-corrected chi connectivity index (χ2v) is 7.09. The van der Waals surface area contributed by atoms with E-state index in [2.05, 4.69) is 53.8 Å². The van der Waals surface area contributed by atoms with Crippen LogP contribution >= 0.6 is 0 Å². The molecule has 0 spiro atoms. The maximum absolute atomic E-state index is 4.72. The Labute approximate surface area is 131 Å². The standard InChI is InChI=1S/C18H33N3/c1-12(2)8-9-18-20-15(6)17(16(7)21-18)10-14(5)11-19-13(3)4/h12-14,19H,8-11H2,1-7H3. The first kappa shape index (κ1) is 18.1. The van der Waals surface area contributed by atoms with Gasteiger partial charge in [0.15, 0.2) is 0 Å². The van der Waals surface area contributed by atoms with Crippen molar-refractivity contribution in [3.8, 4) is 0 Å². The quantitative estimate of drug-likeness (QED) is 0.790. The normalized spacial score (nSPS) is 13.2. The highest BCUT2D eigenvalue weighted by atomic mass is 14.9. The molecule has 0 saturated carbocycles. The molecule has 1 aromatic heterocycles. The van der Waals surface area contributed by atoms with Gasteiger partial charge in [-0.25, -0.2) is 9.97 Å². The Bertz CT molecular complexity index is 415. The van der Waals surface area contributed by atoms with Crippen molar-refractivity contribution in [2.75, 3.05) is 6.54 Å². The number of nitrogens with zero attached hydrogens (tertiary/aromatic N) is 2. The highest BCUT2D eigenvalue weighted by Gasteiger charge is 2.12. The summed E-state index contributed by atoms with van der Waals surface area (Å²) in [6.45, 7) is 16.5. The van der Waals surface area contributed by atoms with Crippen molar-refractivity contribution < 1.29 is 0 Å². The van der Waals surface area contributed by atoms with Crippen LogP contribution in [0, 0.1) is 25.7 Å². The maximum Gasteiger partial charge on any atom is 0.128 e. The second-order valence-electron chi connectivity index (χ2n) is 7.09. The third kappa shape index (κ3) is 6.56. The van der Waals surface area contributed by atoms with Crippen molar-refractivity contribution in [3.63, 3.8) is 0 Å². The molecule has 0 fully saturated rings. The van der Waals surface area contributed by atoms with Crippen LogP contribution in [-0.2, 0) is 12.8 Å². The second kappa shape index (κ2) is 8.47. The number of rotatable bonds is 8. The first-order chi connectivity index (χ1) is 9.79. The van der Waals surface area contributed by atoms with E-state index in [-0.39, 0.29) is 0 Å². The van der Waals surface area contributed by atoms with E-state index in [0.717, 1.165) is 43.0 Å². The molecule has 0 saturated heterocycles. The van der Waals surface area contributed by atoms with Gasteiger partial charge in [0.25, 0.3) is 0 Å². The summed E-state index contributed by atoms with van der Waals surface area (Å²) >= 11 is 0. The molecule has 0 aliphatic heterocycles. The monoisotopic (exact) mass is 291 g/mol. The Morgan fingerprint density at radius 1 is 0.952 bits per heavy atom. The van der Waals surface area contributed by atoms with E-state index >= 15 is 0 Å². The zero-order chi connectivity index (χ0) is 16.0. The molecule has 0 aliphatic carbocycles. The number of aromatic nitrogens is 2. The lowest BCUT2D eigenvalue weighted by molar-refractivity contribution is 0.473. The van der Waals surface area contributed by atoms with Crippen molar-refractivity contribution in [2.24, 2.45) is 11.8 Å². The predicted molar refractivity (Wildman–Crippen MR) is 90.7 cm³/mol. The van der Waals surface area contributed by atoms with E-state index < -0.39 is 0 Å². The Hall–Kier alpha value is -0.960. The first-order valence-electron chi connectivity index (χ1n) is 8.36. The molecule has 1 atom stereocenters. The fourth-order valence-corrected chi connectivity index (χ4v) is 2.49. The van der Waals surface area contributed by atoms with Gasteiger partial charge in [0, 0.05) is 23.9 Å². The van der Waals surface area contributed by atoms with Crippen LogP contribution in [0.15, 0.2) is 0 Å². The highest BCUT2D eigenvalue weighted by Crippen LogP contribution is 2.16. The number of hydrogen-bond donors (Lipinski definition) is 1. The van der Waals surface area contributed by atoms with Crippen LogP contribution in [0.1, 0.15) is 63.8 Å². The molecule has 0 aromatic carbocycles. The van der Waals surface area contributed by atoms with E-state index in [1.165, 1.54) is 5.56 Å². The van der Waals surface area contributed by atoms with Crippen LogP contribution in [0.3, 0.4) is 0 Å². The molecule has 0 amide bonds. The molecule has 3 heteroatoms. The molecule has 0 bridgehead atoms. The van der Waals surface area contributed by atoms with Gasteiger partial charge < -0.3 is 5.32 Å². The lowest BCUT2D eigenvalue weighted by atomic mass is 9.98. The Morgan fingerprint density at radius 3 is 2.00 bits per heavy atom. The zero-order valence-corrected chi connectivity index (χ0v) is 15.0. The molecule has 0 radical (unpaired) electrons. The van der Waals surface area contributed by atoms with Crippen LogP contribution in [0.4, 0.5) is 0 Å². The van der Waals surface area contributed by atoms with Crippen LogP contribution < -0.4 is 5.32 Å². The minimum absolute atomic E-state index is 0.546. The topological polar surface area (TPSA) is 37.8 Å². The maximum atomic E-state index is 4.72. The number of hydrogen-bond acceptors (Lipinski definition) is 3. The zero-order valence-electron chi connectivity index (χ0n) is 15.0. The summed E-state index contributed by atoms with van der Waals surface area (Å²) in [5.41, 5.74) is 3.66. The Kier molecular flexibility index (Phi) is 7.30. The Morgan fingerprint density at radius 2 is 1.52 bits per heavy atom. The van der Waals surface area contributed by atoms with Crippen molar-refractivity contribution in [1.29, 1.82) is 0 Å². The lowest BCUT2D eigenvalue weighted by Gasteiger charge is -2.17. The molecule has 120 valence electrons. The van der Waals surface area contributed by atoms with Crippen LogP contribution in [-0.4, -0.2) is 22.6 Å². The third-order valence-corrected chi connectivity index (χ3v) is 3.84. The van der Waals surface area contributed by atoms with Gasteiger partial charge in [-0.2, -0.15) is 0 Å². The largest absolute Gasteiger partial charge is 0.314 e. The van der Waals surface area contributed by atoms with Crippen LogP contribution in [0.2, 0.25) is 0 Å². The summed E-state index contributed by atoms with van der Waals surface area (Å²) in [6.07, 6.45) is 3.21. The third-order valence-electron chi connectivity index (χ3n) is 3.84. The van der Waals surface area contributed by atoms with Crippen molar-refractivity contribution >= 4 is 0 Å². The fraction of sp³-hybridized carbons (Fsp3) is 0.778. The SMILES string of the molecule is Cc1nc(CCC(C)C)nc(C)c1CC(C)CNC(C)C. The van der Waals surface area contributed by atoms with E-state index in [4.69, 9.17) is 9.97 Å². The number of nitrogens with one attached hydrogen (secondary N) is 1. The van der Waals surface area contributed by atoms with Gasteiger partial charge in [0.05, 0.1) is 0 Å². The van der Waals surface area contributed by atoms with Crippen molar-refractivity contribution in [1.82, 2.24) is 15.3 Å². The molecule has 1 unspecified atom stereocenters. The summed E-state index contributed by atoms with van der Waals surface area (Å²) in [4.78, 5) is 9.45. The van der Waals surface area contributed by atoms with E-state index in [0.29, 0.717) is 17.9 Å². The lowest BCUT2D eigenvalue weighted by Crippen LogP contribution is -2.29. The molecule has 1 rings (SSSR count). The smallest absolute Gasteiger partial charge is 0.128 e. The molecular weight excluding hydrogens is 258 g/mol. The molecule has 0 aliphatic rings.